The molecule has 0 spiro atoms. The quantitative estimate of drug-likeness (QED) is 0.418. The van der Waals surface area contributed by atoms with Gasteiger partial charge >= 0.3 is 0 Å². The molecule has 0 unspecified atom stereocenters. The summed E-state index contributed by atoms with van der Waals surface area (Å²) in [4.78, 5) is 27.3. The van der Waals surface area contributed by atoms with Crippen LogP contribution in [0.25, 0.3) is 0 Å². The van der Waals surface area contributed by atoms with E-state index in [4.69, 9.17) is 0 Å². The highest BCUT2D eigenvalue weighted by atomic mass is 16.2. The van der Waals surface area contributed by atoms with Crippen LogP contribution in [0, 0.1) is 13.8 Å². The fraction of sp³-hybridized carbons (Fsp3) is 0.652. The van der Waals surface area contributed by atoms with Crippen molar-refractivity contribution < 1.29 is 19.4 Å². The highest BCUT2D eigenvalue weighted by molar-refractivity contribution is 5.92. The number of benzene rings is 1. The van der Waals surface area contributed by atoms with Crippen molar-refractivity contribution in [2.45, 2.75) is 59.4 Å². The molecule has 0 radical (unpaired) electrons. The van der Waals surface area contributed by atoms with E-state index in [0.29, 0.717) is 13.1 Å². The van der Waals surface area contributed by atoms with Gasteiger partial charge in [0.2, 0.25) is 0 Å². The van der Waals surface area contributed by atoms with Gasteiger partial charge in [-0.1, -0.05) is 38.3 Å². The third-order valence-corrected chi connectivity index (χ3v) is 6.01. The van der Waals surface area contributed by atoms with Crippen LogP contribution in [0.2, 0.25) is 0 Å². The smallest absolute Gasteiger partial charge is 0.279 e. The van der Waals surface area contributed by atoms with Gasteiger partial charge in [0.15, 0.2) is 13.1 Å². The molecule has 1 heterocycles. The number of quaternary nitrogens is 2. The van der Waals surface area contributed by atoms with Gasteiger partial charge in [-0.15, -0.1) is 0 Å². The molecule has 4 N–H and O–H groups in total. The number of carbonyl (C=O) groups is 2. The molecule has 1 saturated heterocycles. The van der Waals surface area contributed by atoms with Crippen LogP contribution in [0.5, 0.6) is 0 Å². The summed E-state index contributed by atoms with van der Waals surface area (Å²) >= 11 is 0. The first kappa shape index (κ1) is 23.4. The minimum atomic E-state index is 0.0656. The van der Waals surface area contributed by atoms with Crippen molar-refractivity contribution in [3.63, 3.8) is 0 Å². The largest absolute Gasteiger partial charge is 0.349 e. The zero-order chi connectivity index (χ0) is 21.2. The van der Waals surface area contributed by atoms with Crippen LogP contribution >= 0.6 is 0 Å². The van der Waals surface area contributed by atoms with Crippen molar-refractivity contribution in [1.82, 2.24) is 5.32 Å². The van der Waals surface area contributed by atoms with Crippen molar-refractivity contribution in [3.05, 3.63) is 29.3 Å². The molecule has 1 aromatic carbocycles. The van der Waals surface area contributed by atoms with Gasteiger partial charge in [0.1, 0.15) is 26.2 Å². The Balaban J connectivity index is 1.67. The van der Waals surface area contributed by atoms with Crippen LogP contribution < -0.4 is 20.4 Å². The molecule has 0 aromatic heterocycles. The summed E-state index contributed by atoms with van der Waals surface area (Å²) in [5, 5.41) is 6.19. The monoisotopic (exact) mass is 404 g/mol. The van der Waals surface area contributed by atoms with E-state index in [1.54, 1.807) is 0 Å². The fourth-order valence-corrected chi connectivity index (χ4v) is 3.94. The van der Waals surface area contributed by atoms with E-state index in [1.807, 2.05) is 19.1 Å². The summed E-state index contributed by atoms with van der Waals surface area (Å²) in [7, 11) is 0. The van der Waals surface area contributed by atoms with E-state index >= 15 is 0 Å². The Labute approximate surface area is 176 Å². The van der Waals surface area contributed by atoms with Crippen LogP contribution in [-0.2, 0) is 9.59 Å². The number of rotatable bonds is 10. The van der Waals surface area contributed by atoms with Crippen molar-refractivity contribution in [2.75, 3.05) is 44.6 Å². The summed E-state index contributed by atoms with van der Waals surface area (Å²) in [6, 6.07) is 6.25. The molecular formula is C23H40N4O2+2. The maximum absolute atomic E-state index is 12.4. The number of anilines is 1. The van der Waals surface area contributed by atoms with Crippen molar-refractivity contribution >= 4 is 17.5 Å². The molecule has 2 amide bonds. The number of piperazine rings is 1. The third kappa shape index (κ3) is 8.15. The zero-order valence-electron chi connectivity index (χ0n) is 18.7. The highest BCUT2D eigenvalue weighted by Crippen LogP contribution is 2.17. The minimum absolute atomic E-state index is 0.0656. The Bertz CT molecular complexity index is 669. The minimum Gasteiger partial charge on any atom is -0.349 e. The number of amides is 2. The molecule has 1 aliphatic heterocycles. The Morgan fingerprint density at radius 2 is 1.62 bits per heavy atom. The first-order chi connectivity index (χ1) is 13.9. The molecule has 6 nitrogen and oxygen atoms in total. The Kier molecular flexibility index (Phi) is 9.61. The van der Waals surface area contributed by atoms with Gasteiger partial charge in [0.05, 0.1) is 0 Å². The number of nitrogens with one attached hydrogen (secondary N) is 4. The van der Waals surface area contributed by atoms with E-state index in [0.717, 1.165) is 43.9 Å². The second kappa shape index (κ2) is 11.9. The number of carbonyl (C=O) groups excluding carboxylic acids is 2. The lowest BCUT2D eigenvalue weighted by atomic mass is 10.1. The number of aryl methyl sites for hydroxylation is 1. The summed E-state index contributed by atoms with van der Waals surface area (Å²) in [6.07, 6.45) is 4.67. The fourth-order valence-electron chi connectivity index (χ4n) is 3.94. The average molecular weight is 405 g/mol. The summed E-state index contributed by atoms with van der Waals surface area (Å²) in [6.45, 7) is 13.1. The number of hydrogen-bond donors (Lipinski definition) is 4. The second-order valence-electron chi connectivity index (χ2n) is 8.61. The van der Waals surface area contributed by atoms with E-state index in [1.165, 1.54) is 34.6 Å². The Morgan fingerprint density at radius 3 is 2.24 bits per heavy atom. The number of hydrogen-bond acceptors (Lipinski definition) is 2. The van der Waals surface area contributed by atoms with Crippen molar-refractivity contribution in [1.29, 1.82) is 0 Å². The van der Waals surface area contributed by atoms with E-state index < -0.39 is 0 Å². The average Bonchev–Trinajstić information content (AvgIpc) is 2.67. The van der Waals surface area contributed by atoms with Crippen LogP contribution in [0.15, 0.2) is 18.2 Å². The third-order valence-electron chi connectivity index (χ3n) is 6.01. The maximum atomic E-state index is 12.4. The molecule has 0 saturated carbocycles. The normalized spacial score (nSPS) is 20.1. The standard InChI is InChI=1S/C23H38N4O2/c1-5-6-7-10-19(3)24-22(28)16-26-12-14-27(15-13-26)17-23(29)25-21-11-8-9-18(2)20(21)4/h8-9,11,19H,5-7,10,12-17H2,1-4H3,(H,24,28)(H,25,29)/p+2/t19-/m1/s1. The Morgan fingerprint density at radius 1 is 1.00 bits per heavy atom. The van der Waals surface area contributed by atoms with Crippen LogP contribution in [0.3, 0.4) is 0 Å². The van der Waals surface area contributed by atoms with Gasteiger partial charge in [0, 0.05) is 11.7 Å². The summed E-state index contributed by atoms with van der Waals surface area (Å²) in [5.41, 5.74) is 3.22. The van der Waals surface area contributed by atoms with Crippen LogP contribution in [0.1, 0.15) is 50.7 Å². The SMILES string of the molecule is CCCCC[C@@H](C)NC(=O)C[NH+]1CC[NH+](CC(=O)Nc2cccc(C)c2C)CC1. The van der Waals surface area contributed by atoms with Crippen molar-refractivity contribution in [2.24, 2.45) is 0 Å². The van der Waals surface area contributed by atoms with Crippen molar-refractivity contribution in [3.8, 4) is 0 Å². The summed E-state index contributed by atoms with van der Waals surface area (Å²) in [5.74, 6) is 0.218. The molecule has 1 aromatic rings. The maximum Gasteiger partial charge on any atom is 0.279 e. The van der Waals surface area contributed by atoms with Gasteiger partial charge < -0.3 is 20.4 Å². The first-order valence-corrected chi connectivity index (χ1v) is 11.2. The molecule has 1 atom stereocenters. The van der Waals surface area contributed by atoms with Gasteiger partial charge in [-0.25, -0.2) is 0 Å². The molecule has 6 heteroatoms. The van der Waals surface area contributed by atoms with Crippen LogP contribution in [-0.4, -0.2) is 57.1 Å². The van der Waals surface area contributed by atoms with E-state index in [9.17, 15) is 9.59 Å². The van der Waals surface area contributed by atoms with E-state index in [2.05, 4.69) is 37.5 Å². The van der Waals surface area contributed by atoms with Gasteiger partial charge in [0.25, 0.3) is 11.8 Å². The van der Waals surface area contributed by atoms with E-state index in [-0.39, 0.29) is 17.9 Å². The van der Waals surface area contributed by atoms with Gasteiger partial charge in [-0.05, 0) is 44.4 Å². The highest BCUT2D eigenvalue weighted by Gasteiger charge is 2.26. The van der Waals surface area contributed by atoms with Crippen LogP contribution in [0.4, 0.5) is 5.69 Å². The topological polar surface area (TPSA) is 67.1 Å². The number of unbranched alkanes of at least 4 members (excludes halogenated alkanes) is 2. The molecule has 1 aliphatic rings. The lowest BCUT2D eigenvalue weighted by Gasteiger charge is -2.29. The summed E-state index contributed by atoms with van der Waals surface area (Å²) < 4.78 is 0. The predicted molar refractivity (Wildman–Crippen MR) is 117 cm³/mol. The second-order valence-corrected chi connectivity index (χ2v) is 8.61. The lowest BCUT2D eigenvalue weighted by molar-refractivity contribution is -1.00. The molecular weight excluding hydrogens is 364 g/mol. The Hall–Kier alpha value is -1.92. The van der Waals surface area contributed by atoms with Gasteiger partial charge in [-0.2, -0.15) is 0 Å². The van der Waals surface area contributed by atoms with Gasteiger partial charge in [-0.3, -0.25) is 9.59 Å². The zero-order valence-corrected chi connectivity index (χ0v) is 18.7. The molecule has 1 fully saturated rings. The molecule has 29 heavy (non-hydrogen) atoms. The molecule has 0 aliphatic carbocycles. The lowest BCUT2D eigenvalue weighted by Crippen LogP contribution is -3.28. The molecule has 162 valence electrons. The first-order valence-electron chi connectivity index (χ1n) is 11.2. The molecule has 0 bridgehead atoms. The predicted octanol–water partition coefficient (Wildman–Crippen LogP) is 0.110. The molecule has 2 rings (SSSR count).